The minimum absolute atomic E-state index is 0.116. The van der Waals surface area contributed by atoms with E-state index < -0.39 is 30.2 Å². The molecule has 7 nitrogen and oxygen atoms in total. The first-order valence-corrected chi connectivity index (χ1v) is 8.86. The molecule has 0 bridgehead atoms. The van der Waals surface area contributed by atoms with Gasteiger partial charge in [0, 0.05) is 6.54 Å². The van der Waals surface area contributed by atoms with Gasteiger partial charge >= 0.3 is 5.97 Å². The number of rotatable bonds is 5. The van der Waals surface area contributed by atoms with E-state index in [1.54, 1.807) is 24.3 Å². The number of nitrogens with one attached hydrogen (secondary N) is 1. The topological polar surface area (TPSA) is 92.8 Å². The molecule has 0 spiro atoms. The molecule has 0 unspecified atom stereocenters. The molecule has 3 amide bonds. The van der Waals surface area contributed by atoms with Gasteiger partial charge in [-0.15, -0.1) is 0 Å². The van der Waals surface area contributed by atoms with Crippen LogP contribution in [0.4, 0.5) is 0 Å². The molecule has 3 rings (SSSR count). The van der Waals surface area contributed by atoms with Gasteiger partial charge in [-0.2, -0.15) is 0 Å². The Bertz CT molecular complexity index is 948. The molecule has 1 N–H and O–H groups in total. The molecule has 0 saturated carbocycles. The van der Waals surface area contributed by atoms with Gasteiger partial charge in [0.15, 0.2) is 0 Å². The molecular formula is C19H14Cl2N2O5. The Hall–Kier alpha value is -2.90. The predicted octanol–water partition coefficient (Wildman–Crippen LogP) is 2.69. The average Bonchev–Trinajstić information content (AvgIpc) is 2.91. The van der Waals surface area contributed by atoms with E-state index in [1.807, 2.05) is 0 Å². The molecule has 1 heterocycles. The van der Waals surface area contributed by atoms with Crippen LogP contribution in [0.1, 0.15) is 36.6 Å². The van der Waals surface area contributed by atoms with Crippen LogP contribution in [0, 0.1) is 0 Å². The summed E-state index contributed by atoms with van der Waals surface area (Å²) in [6, 6.07) is 9.12. The molecule has 2 aromatic rings. The van der Waals surface area contributed by atoms with Gasteiger partial charge in [-0.05, 0) is 29.8 Å². The molecule has 1 aliphatic rings. The second kappa shape index (κ2) is 8.00. The Morgan fingerprint density at radius 3 is 2.04 bits per heavy atom. The van der Waals surface area contributed by atoms with Gasteiger partial charge in [0.2, 0.25) is 5.91 Å². The summed E-state index contributed by atoms with van der Waals surface area (Å²) in [5.74, 6) is -2.17. The maximum absolute atomic E-state index is 12.4. The number of nitrogens with zero attached hydrogens (tertiary/aromatic N) is 1. The zero-order valence-electron chi connectivity index (χ0n) is 14.6. The van der Waals surface area contributed by atoms with Crippen molar-refractivity contribution in [2.75, 3.05) is 13.7 Å². The van der Waals surface area contributed by atoms with Crippen LogP contribution in [-0.4, -0.2) is 42.2 Å². The number of methoxy groups -OCH3 is 1. The number of amides is 3. The summed E-state index contributed by atoms with van der Waals surface area (Å²) in [7, 11) is 1.29. The number of esters is 1. The van der Waals surface area contributed by atoms with Crippen LogP contribution < -0.4 is 5.32 Å². The lowest BCUT2D eigenvalue weighted by atomic mass is 10.1. The average molecular weight is 421 g/mol. The number of imide groups is 1. The second-order valence-electron chi connectivity index (χ2n) is 5.97. The van der Waals surface area contributed by atoms with Gasteiger partial charge in [-0.3, -0.25) is 19.3 Å². The molecule has 0 fully saturated rings. The van der Waals surface area contributed by atoms with E-state index in [9.17, 15) is 19.2 Å². The van der Waals surface area contributed by atoms with E-state index in [-0.39, 0.29) is 27.7 Å². The monoisotopic (exact) mass is 420 g/mol. The number of fused-ring (bicyclic) bond motifs is 1. The molecular weight excluding hydrogens is 407 g/mol. The molecule has 0 saturated heterocycles. The first kappa shape index (κ1) is 19.9. The number of halogens is 2. The summed E-state index contributed by atoms with van der Waals surface area (Å²) < 4.78 is 4.62. The molecule has 2 aromatic carbocycles. The van der Waals surface area contributed by atoms with E-state index in [4.69, 9.17) is 23.2 Å². The molecule has 0 aliphatic carbocycles. The Kier molecular flexibility index (Phi) is 5.67. The van der Waals surface area contributed by atoms with Crippen molar-refractivity contribution in [3.63, 3.8) is 0 Å². The summed E-state index contributed by atoms with van der Waals surface area (Å²) in [4.78, 5) is 49.2. The van der Waals surface area contributed by atoms with Crippen molar-refractivity contribution in [1.29, 1.82) is 0 Å². The maximum Gasteiger partial charge on any atom is 0.337 e. The third-order valence-corrected chi connectivity index (χ3v) is 4.90. The first-order valence-electron chi connectivity index (χ1n) is 8.11. The lowest BCUT2D eigenvalue weighted by Crippen LogP contribution is -2.40. The van der Waals surface area contributed by atoms with Crippen molar-refractivity contribution in [1.82, 2.24) is 10.2 Å². The zero-order valence-corrected chi connectivity index (χ0v) is 16.1. The minimum Gasteiger partial charge on any atom is -0.465 e. The Labute approximate surface area is 170 Å². The molecule has 144 valence electrons. The van der Waals surface area contributed by atoms with Crippen molar-refractivity contribution in [3.8, 4) is 0 Å². The van der Waals surface area contributed by atoms with E-state index in [2.05, 4.69) is 10.1 Å². The van der Waals surface area contributed by atoms with Gasteiger partial charge in [0.25, 0.3) is 11.8 Å². The quantitative estimate of drug-likeness (QED) is 0.592. The summed E-state index contributed by atoms with van der Waals surface area (Å²) in [5, 5.41) is 2.94. The Balaban J connectivity index is 1.62. The van der Waals surface area contributed by atoms with Crippen molar-refractivity contribution in [3.05, 3.63) is 68.7 Å². The second-order valence-corrected chi connectivity index (χ2v) is 6.79. The summed E-state index contributed by atoms with van der Waals surface area (Å²) in [6.07, 6.45) is 0. The third kappa shape index (κ3) is 3.85. The van der Waals surface area contributed by atoms with E-state index in [0.29, 0.717) is 5.56 Å². The molecule has 1 aliphatic heterocycles. The molecule has 9 heteroatoms. The van der Waals surface area contributed by atoms with Crippen LogP contribution in [0.25, 0.3) is 0 Å². The highest BCUT2D eigenvalue weighted by Gasteiger charge is 2.37. The molecule has 0 radical (unpaired) electrons. The van der Waals surface area contributed by atoms with Crippen LogP contribution in [0.5, 0.6) is 0 Å². The number of hydrogen-bond donors (Lipinski definition) is 1. The normalized spacial score (nSPS) is 12.8. The maximum atomic E-state index is 12.4. The highest BCUT2D eigenvalue weighted by atomic mass is 35.5. The van der Waals surface area contributed by atoms with Crippen molar-refractivity contribution < 1.29 is 23.9 Å². The van der Waals surface area contributed by atoms with Gasteiger partial charge in [0.1, 0.15) is 6.54 Å². The number of carbonyl (C=O) groups excluding carboxylic acids is 4. The summed E-state index contributed by atoms with van der Waals surface area (Å²) >= 11 is 11.8. The fraction of sp³-hybridized carbons (Fsp3) is 0.158. The number of benzene rings is 2. The standard InChI is InChI=1S/C19H14Cl2N2O5/c1-28-19(27)11-4-2-10(3-5-11)8-22-16(24)9-23-17(25)12-6-14(20)15(21)7-13(12)18(23)26/h2-7H,8-9H2,1H3,(H,22,24). The van der Waals surface area contributed by atoms with E-state index in [1.165, 1.54) is 19.2 Å². The van der Waals surface area contributed by atoms with Crippen LogP contribution in [0.15, 0.2) is 36.4 Å². The highest BCUT2D eigenvalue weighted by molar-refractivity contribution is 6.43. The number of carbonyl (C=O) groups is 4. The molecule has 0 atom stereocenters. The Morgan fingerprint density at radius 1 is 1.00 bits per heavy atom. The smallest absolute Gasteiger partial charge is 0.337 e. The zero-order chi connectivity index (χ0) is 20.4. The fourth-order valence-electron chi connectivity index (χ4n) is 2.70. The van der Waals surface area contributed by atoms with E-state index >= 15 is 0 Å². The van der Waals surface area contributed by atoms with E-state index in [0.717, 1.165) is 10.5 Å². The number of ether oxygens (including phenoxy) is 1. The van der Waals surface area contributed by atoms with Gasteiger partial charge in [-0.1, -0.05) is 35.3 Å². The summed E-state index contributed by atoms with van der Waals surface area (Å²) in [5.41, 5.74) is 1.36. The lowest BCUT2D eigenvalue weighted by Gasteiger charge is -2.13. The molecule has 28 heavy (non-hydrogen) atoms. The third-order valence-electron chi connectivity index (χ3n) is 4.18. The predicted molar refractivity (Wildman–Crippen MR) is 101 cm³/mol. The Morgan fingerprint density at radius 2 is 1.54 bits per heavy atom. The van der Waals surface area contributed by atoms with Crippen LogP contribution in [-0.2, 0) is 16.1 Å². The fourth-order valence-corrected chi connectivity index (χ4v) is 3.03. The lowest BCUT2D eigenvalue weighted by molar-refractivity contribution is -0.121. The largest absolute Gasteiger partial charge is 0.465 e. The van der Waals surface area contributed by atoms with Gasteiger partial charge in [0.05, 0.1) is 33.8 Å². The minimum atomic E-state index is -0.601. The molecule has 0 aromatic heterocycles. The highest BCUT2D eigenvalue weighted by Crippen LogP contribution is 2.31. The van der Waals surface area contributed by atoms with Crippen LogP contribution >= 0.6 is 23.2 Å². The first-order chi connectivity index (χ1) is 13.3. The van der Waals surface area contributed by atoms with Crippen molar-refractivity contribution >= 4 is 46.9 Å². The van der Waals surface area contributed by atoms with Crippen molar-refractivity contribution in [2.45, 2.75) is 6.54 Å². The SMILES string of the molecule is COC(=O)c1ccc(CNC(=O)CN2C(=O)c3cc(Cl)c(Cl)cc3C2=O)cc1. The van der Waals surface area contributed by atoms with Crippen LogP contribution in [0.3, 0.4) is 0 Å². The number of hydrogen-bond acceptors (Lipinski definition) is 5. The van der Waals surface area contributed by atoms with Crippen molar-refractivity contribution in [2.24, 2.45) is 0 Å². The van der Waals surface area contributed by atoms with Gasteiger partial charge < -0.3 is 10.1 Å². The van der Waals surface area contributed by atoms with Crippen LogP contribution in [0.2, 0.25) is 10.0 Å². The summed E-state index contributed by atoms with van der Waals surface area (Å²) in [6.45, 7) is -0.261. The van der Waals surface area contributed by atoms with Gasteiger partial charge in [-0.25, -0.2) is 4.79 Å².